The Labute approximate surface area is 99.6 Å². The fraction of sp³-hybridized carbons (Fsp3) is 0.583. The minimum absolute atomic E-state index is 0.503. The van der Waals surface area contributed by atoms with Crippen LogP contribution in [-0.2, 0) is 0 Å². The molecule has 0 bridgehead atoms. The van der Waals surface area contributed by atoms with E-state index in [0.717, 1.165) is 22.5 Å². The number of hydrogen-bond donors (Lipinski definition) is 1. The molecular formula is C12H17BrN2. The Hall–Kier alpha value is -0.570. The first kappa shape index (κ1) is 10.9. The van der Waals surface area contributed by atoms with E-state index in [1.54, 1.807) is 0 Å². The topological polar surface area (TPSA) is 24.9 Å². The van der Waals surface area contributed by atoms with Crippen LogP contribution in [0.4, 0.5) is 5.82 Å². The van der Waals surface area contributed by atoms with Crippen molar-refractivity contribution in [3.8, 4) is 0 Å². The van der Waals surface area contributed by atoms with Gasteiger partial charge in [0.05, 0.1) is 5.69 Å². The van der Waals surface area contributed by atoms with Gasteiger partial charge < -0.3 is 5.32 Å². The maximum atomic E-state index is 4.48. The van der Waals surface area contributed by atoms with Crippen LogP contribution in [0.3, 0.4) is 0 Å². The average Bonchev–Trinajstić information content (AvgIpc) is 2.17. The zero-order chi connectivity index (χ0) is 10.9. The van der Waals surface area contributed by atoms with Crippen LogP contribution in [0.5, 0.6) is 0 Å². The Morgan fingerprint density at radius 1 is 1.47 bits per heavy atom. The molecule has 0 saturated heterocycles. The van der Waals surface area contributed by atoms with Crippen LogP contribution in [0.25, 0.3) is 0 Å². The van der Waals surface area contributed by atoms with Gasteiger partial charge in [0.2, 0.25) is 0 Å². The highest BCUT2D eigenvalue weighted by Gasteiger charge is 2.31. The highest BCUT2D eigenvalue weighted by Crippen LogP contribution is 2.40. The summed E-state index contributed by atoms with van der Waals surface area (Å²) in [5, 5.41) is 3.42. The van der Waals surface area contributed by atoms with Gasteiger partial charge >= 0.3 is 0 Å². The summed E-state index contributed by atoms with van der Waals surface area (Å²) in [4.78, 5) is 4.48. The van der Waals surface area contributed by atoms with Crippen molar-refractivity contribution >= 4 is 21.7 Å². The quantitative estimate of drug-likeness (QED) is 0.903. The number of anilines is 1. The predicted octanol–water partition coefficient (Wildman–Crippen LogP) is 3.75. The lowest BCUT2D eigenvalue weighted by Gasteiger charge is -2.38. The molecule has 2 nitrogen and oxygen atoms in total. The van der Waals surface area contributed by atoms with Crippen molar-refractivity contribution in [3.63, 3.8) is 0 Å². The first-order valence-corrected chi connectivity index (χ1v) is 6.25. The lowest BCUT2D eigenvalue weighted by atomic mass is 9.70. The number of nitrogens with zero attached hydrogens (tertiary/aromatic N) is 1. The SMILES string of the molecule is Cc1nc(NCC2(C)CCC2)ccc1Br. The molecule has 1 saturated carbocycles. The molecule has 0 unspecified atom stereocenters. The first-order valence-electron chi connectivity index (χ1n) is 5.46. The summed E-state index contributed by atoms with van der Waals surface area (Å²) < 4.78 is 1.07. The number of pyridine rings is 1. The Morgan fingerprint density at radius 3 is 2.73 bits per heavy atom. The molecule has 0 atom stereocenters. The highest BCUT2D eigenvalue weighted by atomic mass is 79.9. The lowest BCUT2D eigenvalue weighted by molar-refractivity contribution is 0.180. The van der Waals surface area contributed by atoms with Crippen LogP contribution in [-0.4, -0.2) is 11.5 Å². The van der Waals surface area contributed by atoms with E-state index >= 15 is 0 Å². The van der Waals surface area contributed by atoms with E-state index < -0.39 is 0 Å². The van der Waals surface area contributed by atoms with Gasteiger partial charge in [-0.05, 0) is 53.2 Å². The number of nitrogens with one attached hydrogen (secondary N) is 1. The van der Waals surface area contributed by atoms with E-state index in [9.17, 15) is 0 Å². The van der Waals surface area contributed by atoms with Crippen molar-refractivity contribution in [2.24, 2.45) is 5.41 Å². The second kappa shape index (κ2) is 4.12. The smallest absolute Gasteiger partial charge is 0.126 e. The van der Waals surface area contributed by atoms with Gasteiger partial charge in [-0.15, -0.1) is 0 Å². The summed E-state index contributed by atoms with van der Waals surface area (Å²) >= 11 is 3.45. The molecule has 1 aromatic heterocycles. The zero-order valence-electron chi connectivity index (χ0n) is 9.31. The van der Waals surface area contributed by atoms with Gasteiger partial charge in [-0.2, -0.15) is 0 Å². The van der Waals surface area contributed by atoms with Gasteiger partial charge in [0.15, 0.2) is 0 Å². The van der Waals surface area contributed by atoms with Crippen LogP contribution in [0.2, 0.25) is 0 Å². The van der Waals surface area contributed by atoms with Gasteiger partial charge in [0, 0.05) is 11.0 Å². The number of aryl methyl sites for hydroxylation is 1. The Kier molecular flexibility index (Phi) is 3.01. The molecule has 3 heteroatoms. The molecule has 0 radical (unpaired) electrons. The summed E-state index contributed by atoms with van der Waals surface area (Å²) in [6.45, 7) is 5.40. The minimum atomic E-state index is 0.503. The molecule has 1 fully saturated rings. The third-order valence-corrected chi connectivity index (χ3v) is 4.12. The molecule has 1 heterocycles. The molecule has 1 N–H and O–H groups in total. The molecule has 15 heavy (non-hydrogen) atoms. The predicted molar refractivity (Wildman–Crippen MR) is 67.1 cm³/mol. The number of hydrogen-bond acceptors (Lipinski definition) is 2. The normalized spacial score (nSPS) is 18.3. The Bertz CT molecular complexity index is 359. The van der Waals surface area contributed by atoms with Gasteiger partial charge in [-0.25, -0.2) is 4.98 Å². The van der Waals surface area contributed by atoms with Crippen LogP contribution in [0, 0.1) is 12.3 Å². The summed E-state index contributed by atoms with van der Waals surface area (Å²) in [5.74, 6) is 0.990. The van der Waals surface area contributed by atoms with Gasteiger partial charge in [0.25, 0.3) is 0 Å². The fourth-order valence-electron chi connectivity index (χ4n) is 1.90. The van der Waals surface area contributed by atoms with Crippen molar-refractivity contribution in [1.29, 1.82) is 0 Å². The van der Waals surface area contributed by atoms with Gasteiger partial charge in [0.1, 0.15) is 5.82 Å². The monoisotopic (exact) mass is 268 g/mol. The van der Waals surface area contributed by atoms with E-state index in [1.807, 2.05) is 19.1 Å². The molecule has 0 amide bonds. The molecule has 0 spiro atoms. The highest BCUT2D eigenvalue weighted by molar-refractivity contribution is 9.10. The van der Waals surface area contributed by atoms with E-state index in [2.05, 4.69) is 33.2 Å². The largest absolute Gasteiger partial charge is 0.370 e. The van der Waals surface area contributed by atoms with Crippen LogP contribution in [0.15, 0.2) is 16.6 Å². The zero-order valence-corrected chi connectivity index (χ0v) is 10.9. The Morgan fingerprint density at radius 2 is 2.20 bits per heavy atom. The molecule has 1 aliphatic rings. The van der Waals surface area contributed by atoms with Crippen molar-refractivity contribution in [3.05, 3.63) is 22.3 Å². The van der Waals surface area contributed by atoms with Crippen molar-refractivity contribution < 1.29 is 0 Å². The summed E-state index contributed by atoms with van der Waals surface area (Å²) in [7, 11) is 0. The average molecular weight is 269 g/mol. The van der Waals surface area contributed by atoms with Crippen molar-refractivity contribution in [2.75, 3.05) is 11.9 Å². The fourth-order valence-corrected chi connectivity index (χ4v) is 2.12. The number of rotatable bonds is 3. The van der Waals surface area contributed by atoms with Crippen LogP contribution in [0.1, 0.15) is 31.9 Å². The van der Waals surface area contributed by atoms with Gasteiger partial charge in [-0.3, -0.25) is 0 Å². The van der Waals surface area contributed by atoms with Gasteiger partial charge in [-0.1, -0.05) is 13.3 Å². The number of aromatic nitrogens is 1. The third-order valence-electron chi connectivity index (χ3n) is 3.28. The molecule has 82 valence electrons. The molecule has 0 aliphatic heterocycles. The van der Waals surface area contributed by atoms with Crippen LogP contribution < -0.4 is 5.32 Å². The van der Waals surface area contributed by atoms with Crippen molar-refractivity contribution in [1.82, 2.24) is 4.98 Å². The third kappa shape index (κ3) is 2.51. The van der Waals surface area contributed by atoms with E-state index in [1.165, 1.54) is 19.3 Å². The Balaban J connectivity index is 1.96. The number of halogens is 1. The second-order valence-electron chi connectivity index (χ2n) is 4.78. The van der Waals surface area contributed by atoms with Crippen LogP contribution >= 0.6 is 15.9 Å². The molecule has 2 rings (SSSR count). The van der Waals surface area contributed by atoms with E-state index in [-0.39, 0.29) is 0 Å². The maximum Gasteiger partial charge on any atom is 0.126 e. The molecular weight excluding hydrogens is 252 g/mol. The second-order valence-corrected chi connectivity index (χ2v) is 5.64. The molecule has 0 aromatic carbocycles. The summed E-state index contributed by atoms with van der Waals surface area (Å²) in [5.41, 5.74) is 1.54. The molecule has 1 aliphatic carbocycles. The van der Waals surface area contributed by atoms with E-state index in [0.29, 0.717) is 5.41 Å². The summed E-state index contributed by atoms with van der Waals surface area (Å²) in [6, 6.07) is 4.08. The maximum absolute atomic E-state index is 4.48. The lowest BCUT2D eigenvalue weighted by Crippen LogP contribution is -2.33. The standard InChI is InChI=1S/C12H17BrN2/c1-9-10(13)4-5-11(15-9)14-8-12(2)6-3-7-12/h4-5H,3,6-8H2,1-2H3,(H,14,15). The van der Waals surface area contributed by atoms with Crippen molar-refractivity contribution in [2.45, 2.75) is 33.1 Å². The summed E-state index contributed by atoms with van der Waals surface area (Å²) in [6.07, 6.45) is 4.07. The minimum Gasteiger partial charge on any atom is -0.370 e. The first-order chi connectivity index (χ1) is 7.09. The van der Waals surface area contributed by atoms with E-state index in [4.69, 9.17) is 0 Å². The molecule has 1 aromatic rings.